The molecule has 0 saturated carbocycles. The Kier molecular flexibility index (Phi) is 5.17. The summed E-state index contributed by atoms with van der Waals surface area (Å²) in [5, 5.41) is 0. The smallest absolute Gasteiger partial charge is 0.0594 e. The van der Waals surface area contributed by atoms with Gasteiger partial charge in [-0.2, -0.15) is 0 Å². The Labute approximate surface area is 110 Å². The van der Waals surface area contributed by atoms with E-state index >= 15 is 0 Å². The number of rotatable bonds is 5. The minimum absolute atomic E-state index is 0.498. The molecule has 1 aromatic carbocycles. The van der Waals surface area contributed by atoms with Gasteiger partial charge in [0.15, 0.2) is 0 Å². The molecule has 3 heteroatoms. The van der Waals surface area contributed by atoms with E-state index in [-0.39, 0.29) is 0 Å². The summed E-state index contributed by atoms with van der Waals surface area (Å²) >= 11 is 0. The molecule has 1 fully saturated rings. The van der Waals surface area contributed by atoms with Crippen molar-refractivity contribution in [3.63, 3.8) is 0 Å². The van der Waals surface area contributed by atoms with Crippen molar-refractivity contribution < 1.29 is 4.74 Å². The highest BCUT2D eigenvalue weighted by Gasteiger charge is 2.21. The number of hydrogen-bond donors (Lipinski definition) is 1. The zero-order valence-corrected chi connectivity index (χ0v) is 11.3. The molecule has 0 amide bonds. The maximum atomic E-state index is 5.67. The minimum atomic E-state index is 0.498. The van der Waals surface area contributed by atoms with Crippen LogP contribution in [0.4, 0.5) is 0 Å². The topological polar surface area (TPSA) is 38.5 Å². The van der Waals surface area contributed by atoms with Crippen molar-refractivity contribution in [1.29, 1.82) is 0 Å². The van der Waals surface area contributed by atoms with E-state index in [9.17, 15) is 0 Å². The minimum Gasteiger partial charge on any atom is -0.379 e. The molecule has 1 unspecified atom stereocenters. The Balaban J connectivity index is 2.10. The number of hydrogen-bond acceptors (Lipinski definition) is 3. The average molecular weight is 248 g/mol. The van der Waals surface area contributed by atoms with Crippen molar-refractivity contribution in [3.05, 3.63) is 35.4 Å². The van der Waals surface area contributed by atoms with Gasteiger partial charge in [-0.15, -0.1) is 0 Å². The molecule has 100 valence electrons. The van der Waals surface area contributed by atoms with Gasteiger partial charge in [-0.05, 0) is 31.9 Å². The fourth-order valence-corrected chi connectivity index (χ4v) is 2.55. The van der Waals surface area contributed by atoms with Gasteiger partial charge in [0.2, 0.25) is 0 Å². The van der Waals surface area contributed by atoms with Crippen molar-refractivity contribution in [1.82, 2.24) is 4.90 Å². The van der Waals surface area contributed by atoms with Gasteiger partial charge >= 0.3 is 0 Å². The Morgan fingerprint density at radius 1 is 1.22 bits per heavy atom. The molecule has 1 aliphatic rings. The molecule has 0 aliphatic carbocycles. The standard InChI is InChI=1S/C15H24N2O/c1-13-4-6-14(7-5-13)15(3-2-8-16)17-9-11-18-12-10-17/h4-7,15H,2-3,8-12,16H2,1H3. The van der Waals surface area contributed by atoms with Crippen LogP contribution in [-0.4, -0.2) is 37.7 Å². The summed E-state index contributed by atoms with van der Waals surface area (Å²) in [7, 11) is 0. The van der Waals surface area contributed by atoms with E-state index in [2.05, 4.69) is 36.1 Å². The van der Waals surface area contributed by atoms with Gasteiger partial charge in [0.25, 0.3) is 0 Å². The molecule has 1 aromatic rings. The summed E-state index contributed by atoms with van der Waals surface area (Å²) in [4.78, 5) is 2.53. The van der Waals surface area contributed by atoms with E-state index in [4.69, 9.17) is 10.5 Å². The summed E-state index contributed by atoms with van der Waals surface area (Å²) in [6.45, 7) is 6.67. The van der Waals surface area contributed by atoms with Crippen LogP contribution in [-0.2, 0) is 4.74 Å². The summed E-state index contributed by atoms with van der Waals surface area (Å²) in [5.41, 5.74) is 8.40. The van der Waals surface area contributed by atoms with Crippen molar-refractivity contribution in [3.8, 4) is 0 Å². The van der Waals surface area contributed by atoms with E-state index in [0.717, 1.165) is 45.7 Å². The SMILES string of the molecule is Cc1ccc(C(CCCN)N2CCOCC2)cc1. The highest BCUT2D eigenvalue weighted by Crippen LogP contribution is 2.26. The summed E-state index contributed by atoms with van der Waals surface area (Å²) < 4.78 is 5.44. The molecule has 0 radical (unpaired) electrons. The molecule has 0 aromatic heterocycles. The third kappa shape index (κ3) is 3.55. The molecule has 1 saturated heterocycles. The van der Waals surface area contributed by atoms with Crippen molar-refractivity contribution in [2.45, 2.75) is 25.8 Å². The van der Waals surface area contributed by atoms with Crippen LogP contribution < -0.4 is 5.73 Å². The lowest BCUT2D eigenvalue weighted by Crippen LogP contribution is -2.39. The summed E-state index contributed by atoms with van der Waals surface area (Å²) in [6, 6.07) is 9.41. The molecule has 0 spiro atoms. The van der Waals surface area contributed by atoms with Gasteiger partial charge in [0, 0.05) is 19.1 Å². The van der Waals surface area contributed by atoms with Gasteiger partial charge in [-0.3, -0.25) is 4.90 Å². The van der Waals surface area contributed by atoms with Crippen LogP contribution in [0.3, 0.4) is 0 Å². The molecule has 2 N–H and O–H groups in total. The van der Waals surface area contributed by atoms with Gasteiger partial charge in [0.05, 0.1) is 13.2 Å². The lowest BCUT2D eigenvalue weighted by atomic mass is 9.99. The maximum Gasteiger partial charge on any atom is 0.0594 e. The fourth-order valence-electron chi connectivity index (χ4n) is 2.55. The quantitative estimate of drug-likeness (QED) is 0.867. The van der Waals surface area contributed by atoms with E-state index in [1.807, 2.05) is 0 Å². The molecular formula is C15H24N2O. The van der Waals surface area contributed by atoms with Gasteiger partial charge in [-0.1, -0.05) is 29.8 Å². The lowest BCUT2D eigenvalue weighted by molar-refractivity contribution is 0.0139. The van der Waals surface area contributed by atoms with Gasteiger partial charge in [0.1, 0.15) is 0 Å². The largest absolute Gasteiger partial charge is 0.379 e. The fraction of sp³-hybridized carbons (Fsp3) is 0.600. The normalized spacial score (nSPS) is 18.8. The highest BCUT2D eigenvalue weighted by molar-refractivity contribution is 5.24. The predicted octanol–water partition coefficient (Wildman–Crippen LogP) is 2.11. The first-order chi connectivity index (χ1) is 8.81. The monoisotopic (exact) mass is 248 g/mol. The van der Waals surface area contributed by atoms with E-state index in [1.165, 1.54) is 11.1 Å². The van der Waals surface area contributed by atoms with Crippen LogP contribution in [0.15, 0.2) is 24.3 Å². The molecule has 3 nitrogen and oxygen atoms in total. The summed E-state index contributed by atoms with van der Waals surface area (Å²) in [5.74, 6) is 0. The Morgan fingerprint density at radius 2 is 1.89 bits per heavy atom. The number of nitrogens with zero attached hydrogens (tertiary/aromatic N) is 1. The van der Waals surface area contributed by atoms with Crippen molar-refractivity contribution in [2.24, 2.45) is 5.73 Å². The molecule has 1 atom stereocenters. The molecular weight excluding hydrogens is 224 g/mol. The van der Waals surface area contributed by atoms with Gasteiger partial charge in [-0.25, -0.2) is 0 Å². The Hall–Kier alpha value is -0.900. The van der Waals surface area contributed by atoms with E-state index in [1.54, 1.807) is 0 Å². The first-order valence-corrected chi connectivity index (χ1v) is 6.89. The summed E-state index contributed by atoms with van der Waals surface area (Å²) in [6.07, 6.45) is 2.22. The number of aryl methyl sites for hydroxylation is 1. The van der Waals surface area contributed by atoms with Crippen molar-refractivity contribution in [2.75, 3.05) is 32.8 Å². The second-order valence-corrected chi connectivity index (χ2v) is 5.01. The average Bonchev–Trinajstić information content (AvgIpc) is 2.42. The van der Waals surface area contributed by atoms with Crippen LogP contribution >= 0.6 is 0 Å². The molecule has 0 bridgehead atoms. The number of morpholine rings is 1. The second-order valence-electron chi connectivity index (χ2n) is 5.01. The molecule has 2 rings (SSSR count). The first kappa shape index (κ1) is 13.5. The van der Waals surface area contributed by atoms with E-state index < -0.39 is 0 Å². The zero-order chi connectivity index (χ0) is 12.8. The second kappa shape index (κ2) is 6.88. The number of nitrogens with two attached hydrogens (primary N) is 1. The maximum absolute atomic E-state index is 5.67. The molecule has 18 heavy (non-hydrogen) atoms. The predicted molar refractivity (Wildman–Crippen MR) is 74.6 cm³/mol. The highest BCUT2D eigenvalue weighted by atomic mass is 16.5. The third-order valence-electron chi connectivity index (χ3n) is 3.63. The van der Waals surface area contributed by atoms with Gasteiger partial charge < -0.3 is 10.5 Å². The van der Waals surface area contributed by atoms with Crippen LogP contribution in [0, 0.1) is 6.92 Å². The lowest BCUT2D eigenvalue weighted by Gasteiger charge is -2.35. The van der Waals surface area contributed by atoms with Crippen LogP contribution in [0.25, 0.3) is 0 Å². The van der Waals surface area contributed by atoms with E-state index in [0.29, 0.717) is 6.04 Å². The third-order valence-corrected chi connectivity index (χ3v) is 3.63. The van der Waals surface area contributed by atoms with Crippen LogP contribution in [0.5, 0.6) is 0 Å². The van der Waals surface area contributed by atoms with Crippen molar-refractivity contribution >= 4 is 0 Å². The zero-order valence-electron chi connectivity index (χ0n) is 11.3. The molecule has 1 heterocycles. The molecule has 1 aliphatic heterocycles. The Morgan fingerprint density at radius 3 is 2.50 bits per heavy atom. The first-order valence-electron chi connectivity index (χ1n) is 6.89. The number of ether oxygens (including phenoxy) is 1. The van der Waals surface area contributed by atoms with Crippen LogP contribution in [0.1, 0.15) is 30.0 Å². The number of benzene rings is 1. The van der Waals surface area contributed by atoms with Crippen LogP contribution in [0.2, 0.25) is 0 Å². The Bertz CT molecular complexity index is 344.